The molecule has 0 aliphatic rings. The van der Waals surface area contributed by atoms with Gasteiger partial charge < -0.3 is 5.11 Å². The van der Waals surface area contributed by atoms with Crippen LogP contribution in [-0.4, -0.2) is 25.5 Å². The zero-order valence-corrected chi connectivity index (χ0v) is 14.6. The monoisotopic (exact) mass is 341 g/mol. The largest absolute Gasteiger partial charge is 0.387 e. The highest BCUT2D eigenvalue weighted by Crippen LogP contribution is 2.36. The van der Waals surface area contributed by atoms with Crippen LogP contribution in [0.1, 0.15) is 32.8 Å². The van der Waals surface area contributed by atoms with Crippen molar-refractivity contribution in [3.8, 4) is 0 Å². The van der Waals surface area contributed by atoms with Gasteiger partial charge in [-0.05, 0) is 36.0 Å². The van der Waals surface area contributed by atoms with E-state index in [4.69, 9.17) is 23.2 Å². The van der Waals surface area contributed by atoms with Crippen LogP contribution in [0.15, 0.2) is 30.9 Å². The predicted molar refractivity (Wildman–Crippen MR) is 89.2 cm³/mol. The molecule has 1 atom stereocenters. The summed E-state index contributed by atoms with van der Waals surface area (Å²) < 4.78 is 1.66. The smallest absolute Gasteiger partial charge is 0.137 e. The van der Waals surface area contributed by atoms with Gasteiger partial charge in [0, 0.05) is 10.0 Å². The van der Waals surface area contributed by atoms with Crippen LogP contribution >= 0.6 is 23.2 Å². The Bertz CT molecular complexity index is 623. The Morgan fingerprint density at radius 3 is 2.50 bits per heavy atom. The first-order chi connectivity index (χ1) is 10.2. The fraction of sp³-hybridized carbons (Fsp3) is 0.500. The van der Waals surface area contributed by atoms with E-state index < -0.39 is 5.60 Å². The number of aryl methyl sites for hydroxylation is 1. The Morgan fingerprint density at radius 1 is 1.23 bits per heavy atom. The number of rotatable bonds is 5. The molecule has 0 aliphatic heterocycles. The van der Waals surface area contributed by atoms with Gasteiger partial charge >= 0.3 is 0 Å². The normalized spacial score (nSPS) is 14.8. The van der Waals surface area contributed by atoms with Crippen LogP contribution in [0.3, 0.4) is 0 Å². The zero-order chi connectivity index (χ0) is 16.4. The van der Waals surface area contributed by atoms with Crippen LogP contribution in [-0.2, 0) is 13.0 Å². The second-order valence-corrected chi connectivity index (χ2v) is 7.45. The Labute approximate surface area is 141 Å². The molecule has 2 aromatic rings. The number of aliphatic hydroxyl groups is 1. The fourth-order valence-corrected chi connectivity index (χ4v) is 2.84. The summed E-state index contributed by atoms with van der Waals surface area (Å²) in [5.41, 5.74) is -0.256. The SMILES string of the molecule is CC(C)(C)C(O)(CCc1ccc(Cl)cc1Cl)Cn1cncn1. The highest BCUT2D eigenvalue weighted by Gasteiger charge is 2.40. The third-order valence-corrected chi connectivity index (χ3v) is 4.70. The molecule has 4 nitrogen and oxygen atoms in total. The molecule has 1 aromatic heterocycles. The molecule has 120 valence electrons. The van der Waals surface area contributed by atoms with E-state index in [0.717, 1.165) is 5.56 Å². The van der Waals surface area contributed by atoms with Crippen molar-refractivity contribution >= 4 is 23.2 Å². The Morgan fingerprint density at radius 2 is 1.95 bits per heavy atom. The van der Waals surface area contributed by atoms with Gasteiger partial charge in [0.1, 0.15) is 12.7 Å². The maximum atomic E-state index is 11.2. The molecule has 0 fully saturated rings. The molecule has 0 bridgehead atoms. The van der Waals surface area contributed by atoms with Crippen molar-refractivity contribution in [2.75, 3.05) is 0 Å². The molecule has 22 heavy (non-hydrogen) atoms. The van der Waals surface area contributed by atoms with Crippen LogP contribution < -0.4 is 0 Å². The van der Waals surface area contributed by atoms with Gasteiger partial charge in [0.05, 0.1) is 12.1 Å². The van der Waals surface area contributed by atoms with E-state index in [-0.39, 0.29) is 5.41 Å². The third kappa shape index (κ3) is 4.00. The van der Waals surface area contributed by atoms with E-state index in [1.54, 1.807) is 17.1 Å². The van der Waals surface area contributed by atoms with Gasteiger partial charge in [-0.25, -0.2) is 4.98 Å². The maximum absolute atomic E-state index is 11.2. The summed E-state index contributed by atoms with van der Waals surface area (Å²) in [6.07, 6.45) is 4.32. The second kappa shape index (κ2) is 6.57. The minimum absolute atomic E-state index is 0.308. The molecule has 0 amide bonds. The summed E-state index contributed by atoms with van der Waals surface area (Å²) in [5.74, 6) is 0. The first kappa shape index (κ1) is 17.3. The summed E-state index contributed by atoms with van der Waals surface area (Å²) in [4.78, 5) is 3.94. The molecule has 2 rings (SSSR count). The molecule has 0 saturated heterocycles. The molecule has 0 aliphatic carbocycles. The number of benzene rings is 1. The summed E-state index contributed by atoms with van der Waals surface area (Å²) in [7, 11) is 0. The summed E-state index contributed by atoms with van der Waals surface area (Å²) in [6, 6.07) is 5.45. The Kier molecular flexibility index (Phi) is 5.15. The third-order valence-electron chi connectivity index (χ3n) is 4.11. The first-order valence-electron chi connectivity index (χ1n) is 7.20. The van der Waals surface area contributed by atoms with Crippen LogP contribution in [0.25, 0.3) is 0 Å². The molecule has 0 saturated carbocycles. The lowest BCUT2D eigenvalue weighted by Gasteiger charge is -2.40. The molecule has 6 heteroatoms. The van der Waals surface area contributed by atoms with Crippen LogP contribution in [0.2, 0.25) is 10.0 Å². The summed E-state index contributed by atoms with van der Waals surface area (Å²) in [6.45, 7) is 6.45. The lowest BCUT2D eigenvalue weighted by molar-refractivity contribution is -0.0796. The van der Waals surface area contributed by atoms with Crippen LogP contribution in [0.4, 0.5) is 0 Å². The van der Waals surface area contributed by atoms with Crippen molar-refractivity contribution in [2.45, 2.75) is 45.8 Å². The molecule has 1 N–H and O–H groups in total. The Hall–Kier alpha value is -1.10. The van der Waals surface area contributed by atoms with Gasteiger partial charge in [-0.2, -0.15) is 5.10 Å². The van der Waals surface area contributed by atoms with Crippen molar-refractivity contribution in [3.05, 3.63) is 46.5 Å². The van der Waals surface area contributed by atoms with Gasteiger partial charge in [0.25, 0.3) is 0 Å². The lowest BCUT2D eigenvalue weighted by Crippen LogP contribution is -2.47. The molecule has 0 spiro atoms. The highest BCUT2D eigenvalue weighted by atomic mass is 35.5. The van der Waals surface area contributed by atoms with Gasteiger partial charge in [-0.3, -0.25) is 4.68 Å². The van der Waals surface area contributed by atoms with Crippen LogP contribution in [0, 0.1) is 5.41 Å². The number of hydrogen-bond acceptors (Lipinski definition) is 3. The number of halogens is 2. The quantitative estimate of drug-likeness (QED) is 0.894. The molecular formula is C16H21Cl2N3O. The summed E-state index contributed by atoms with van der Waals surface area (Å²) >= 11 is 12.1. The van der Waals surface area contributed by atoms with E-state index in [2.05, 4.69) is 10.1 Å². The van der Waals surface area contributed by atoms with Crippen molar-refractivity contribution < 1.29 is 5.11 Å². The highest BCUT2D eigenvalue weighted by molar-refractivity contribution is 6.35. The van der Waals surface area contributed by atoms with E-state index in [1.165, 1.54) is 6.33 Å². The Balaban J connectivity index is 2.16. The minimum atomic E-state index is -0.927. The maximum Gasteiger partial charge on any atom is 0.137 e. The van der Waals surface area contributed by atoms with Crippen molar-refractivity contribution in [2.24, 2.45) is 5.41 Å². The van der Waals surface area contributed by atoms with E-state index in [0.29, 0.717) is 29.4 Å². The van der Waals surface area contributed by atoms with Gasteiger partial charge in [-0.15, -0.1) is 0 Å². The van der Waals surface area contributed by atoms with E-state index in [9.17, 15) is 5.11 Å². The molecule has 1 unspecified atom stereocenters. The fourth-order valence-electron chi connectivity index (χ4n) is 2.34. The molecule has 1 aromatic carbocycles. The average Bonchev–Trinajstić information content (AvgIpc) is 2.89. The van der Waals surface area contributed by atoms with Gasteiger partial charge in [0.15, 0.2) is 0 Å². The molecular weight excluding hydrogens is 321 g/mol. The molecule has 0 radical (unpaired) electrons. The second-order valence-electron chi connectivity index (χ2n) is 6.61. The minimum Gasteiger partial charge on any atom is -0.387 e. The molecule has 1 heterocycles. The van der Waals surface area contributed by atoms with Crippen molar-refractivity contribution in [1.82, 2.24) is 14.8 Å². The number of aromatic nitrogens is 3. The van der Waals surface area contributed by atoms with E-state index >= 15 is 0 Å². The van der Waals surface area contributed by atoms with Gasteiger partial charge in [-0.1, -0.05) is 50.0 Å². The van der Waals surface area contributed by atoms with Gasteiger partial charge in [0.2, 0.25) is 0 Å². The topological polar surface area (TPSA) is 50.9 Å². The lowest BCUT2D eigenvalue weighted by atomic mass is 9.73. The number of hydrogen-bond donors (Lipinski definition) is 1. The van der Waals surface area contributed by atoms with E-state index in [1.807, 2.05) is 32.9 Å². The predicted octanol–water partition coefficient (Wildman–Crippen LogP) is 3.99. The average molecular weight is 342 g/mol. The summed E-state index contributed by atoms with van der Waals surface area (Å²) in [5, 5.41) is 16.5. The standard InChI is InChI=1S/C16H21Cl2N3O/c1-15(2,3)16(22,9-21-11-19-10-20-21)7-6-12-4-5-13(17)8-14(12)18/h4-5,8,10-11,22H,6-7,9H2,1-3H3. The van der Waals surface area contributed by atoms with Crippen molar-refractivity contribution in [3.63, 3.8) is 0 Å². The first-order valence-corrected chi connectivity index (χ1v) is 7.96. The van der Waals surface area contributed by atoms with Crippen LogP contribution in [0.5, 0.6) is 0 Å². The van der Waals surface area contributed by atoms with Crippen molar-refractivity contribution in [1.29, 1.82) is 0 Å². The number of nitrogens with zero attached hydrogens (tertiary/aromatic N) is 3. The zero-order valence-electron chi connectivity index (χ0n) is 13.1.